The molecule has 6 nitrogen and oxygen atoms in total. The molecule has 3 rings (SSSR count). The summed E-state index contributed by atoms with van der Waals surface area (Å²) in [6, 6.07) is 5.22. The maximum Gasteiger partial charge on any atom is 0.410 e. The van der Waals surface area contributed by atoms with Crippen LogP contribution in [0.1, 0.15) is 31.2 Å². The maximum atomic E-state index is 12.2. The second kappa shape index (κ2) is 7.35. The number of carbonyl (C=O) groups is 1. The summed E-state index contributed by atoms with van der Waals surface area (Å²) in [6.07, 6.45) is 2.96. The van der Waals surface area contributed by atoms with Gasteiger partial charge >= 0.3 is 6.09 Å². The molecule has 136 valence electrons. The number of aliphatic hydroxyl groups is 1. The fraction of sp³-hybridized carbons (Fsp3) is 0.526. The number of hydrogen-bond acceptors (Lipinski definition) is 5. The molecule has 1 aromatic carbocycles. The van der Waals surface area contributed by atoms with Crippen molar-refractivity contribution in [3.8, 4) is 11.5 Å². The number of rotatable bonds is 3. The van der Waals surface area contributed by atoms with Crippen molar-refractivity contribution in [3.63, 3.8) is 0 Å². The van der Waals surface area contributed by atoms with E-state index in [1.54, 1.807) is 17.0 Å². The average Bonchev–Trinajstić information content (AvgIpc) is 2.61. The summed E-state index contributed by atoms with van der Waals surface area (Å²) in [5.41, 5.74) is 3.43. The Kier molecular flexibility index (Phi) is 5.18. The molecular formula is C19H25NO5. The summed E-state index contributed by atoms with van der Waals surface area (Å²) < 4.78 is 10.1. The van der Waals surface area contributed by atoms with Gasteiger partial charge < -0.3 is 24.6 Å². The normalized spacial score (nSPS) is 23.2. The zero-order valence-corrected chi connectivity index (χ0v) is 14.7. The maximum absolute atomic E-state index is 12.2. The van der Waals surface area contributed by atoms with Crippen LogP contribution >= 0.6 is 0 Å². The van der Waals surface area contributed by atoms with Crippen LogP contribution in [-0.4, -0.2) is 54.1 Å². The number of aromatic hydroxyl groups is 1. The van der Waals surface area contributed by atoms with Gasteiger partial charge in [0, 0.05) is 6.54 Å². The molecule has 1 heterocycles. The molecule has 0 saturated carbocycles. The van der Waals surface area contributed by atoms with Crippen LogP contribution in [0.4, 0.5) is 4.79 Å². The average molecular weight is 347 g/mol. The van der Waals surface area contributed by atoms with Crippen molar-refractivity contribution in [3.05, 3.63) is 34.9 Å². The number of benzene rings is 1. The van der Waals surface area contributed by atoms with Crippen molar-refractivity contribution in [1.29, 1.82) is 0 Å². The first-order chi connectivity index (χ1) is 12.0. The van der Waals surface area contributed by atoms with E-state index >= 15 is 0 Å². The molecule has 0 saturated heterocycles. The predicted octanol–water partition coefficient (Wildman–Crippen LogP) is 2.63. The minimum absolute atomic E-state index is 0.0914. The lowest BCUT2D eigenvalue weighted by molar-refractivity contribution is 0.0995. The molecule has 0 fully saturated rings. The van der Waals surface area contributed by atoms with Gasteiger partial charge in [0.15, 0.2) is 11.5 Å². The number of aliphatic hydroxyl groups excluding tert-OH is 1. The zero-order chi connectivity index (χ0) is 18.0. The molecule has 2 atom stereocenters. The molecule has 1 aliphatic carbocycles. The molecule has 2 unspecified atom stereocenters. The second-order valence-electron chi connectivity index (χ2n) is 6.66. The van der Waals surface area contributed by atoms with E-state index in [9.17, 15) is 15.0 Å². The van der Waals surface area contributed by atoms with Gasteiger partial charge in [-0.2, -0.15) is 0 Å². The highest BCUT2D eigenvalue weighted by Gasteiger charge is 2.35. The van der Waals surface area contributed by atoms with Gasteiger partial charge in [-0.3, -0.25) is 0 Å². The Morgan fingerprint density at radius 2 is 2.12 bits per heavy atom. The third-order valence-corrected chi connectivity index (χ3v) is 5.20. The van der Waals surface area contributed by atoms with E-state index in [1.165, 1.54) is 25.4 Å². The molecule has 2 aliphatic rings. The molecule has 25 heavy (non-hydrogen) atoms. The number of carbonyl (C=O) groups excluding carboxylic acids is 1. The SMILES string of the molecule is COC(=O)N1CCC2=C(CCC(O)C2)C1Cc1ccc(OC)c(O)c1. The van der Waals surface area contributed by atoms with Crippen LogP contribution in [0.15, 0.2) is 29.3 Å². The molecule has 0 spiro atoms. The molecular weight excluding hydrogens is 322 g/mol. The summed E-state index contributed by atoms with van der Waals surface area (Å²) >= 11 is 0. The van der Waals surface area contributed by atoms with E-state index in [0.717, 1.165) is 24.8 Å². The van der Waals surface area contributed by atoms with Gasteiger partial charge in [-0.15, -0.1) is 0 Å². The van der Waals surface area contributed by atoms with E-state index < -0.39 is 0 Å². The van der Waals surface area contributed by atoms with Crippen molar-refractivity contribution in [1.82, 2.24) is 4.90 Å². The third-order valence-electron chi connectivity index (χ3n) is 5.20. The van der Waals surface area contributed by atoms with Gasteiger partial charge in [0.25, 0.3) is 0 Å². The number of phenolic OH excluding ortho intramolecular Hbond substituents is 1. The first kappa shape index (κ1) is 17.6. The number of phenols is 1. The van der Waals surface area contributed by atoms with Gasteiger partial charge in [0.2, 0.25) is 0 Å². The Balaban J connectivity index is 1.91. The number of amides is 1. The van der Waals surface area contributed by atoms with Gasteiger partial charge in [-0.1, -0.05) is 11.6 Å². The lowest BCUT2D eigenvalue weighted by Gasteiger charge is -2.41. The standard InChI is InChI=1S/C19H25NO5/c1-24-18-6-3-12(10-17(18)22)9-16-15-5-4-14(21)11-13(15)7-8-20(16)19(23)25-2/h3,6,10,14,16,21-22H,4-5,7-9,11H2,1-2H3. The summed E-state index contributed by atoms with van der Waals surface area (Å²) in [5, 5.41) is 20.0. The molecule has 0 aromatic heterocycles. The van der Waals surface area contributed by atoms with Crippen LogP contribution < -0.4 is 4.74 Å². The van der Waals surface area contributed by atoms with Crippen molar-refractivity contribution < 1.29 is 24.5 Å². The number of methoxy groups -OCH3 is 2. The minimum Gasteiger partial charge on any atom is -0.504 e. The molecule has 1 amide bonds. The molecule has 1 aromatic rings. The Morgan fingerprint density at radius 3 is 2.80 bits per heavy atom. The Morgan fingerprint density at radius 1 is 1.32 bits per heavy atom. The molecule has 2 N–H and O–H groups in total. The highest BCUT2D eigenvalue weighted by atomic mass is 16.5. The second-order valence-corrected chi connectivity index (χ2v) is 6.66. The fourth-order valence-corrected chi connectivity index (χ4v) is 3.94. The van der Waals surface area contributed by atoms with Crippen molar-refractivity contribution in [2.75, 3.05) is 20.8 Å². The summed E-state index contributed by atoms with van der Waals surface area (Å²) in [6.45, 7) is 0.588. The third kappa shape index (κ3) is 3.58. The fourth-order valence-electron chi connectivity index (χ4n) is 3.94. The number of hydrogen-bond donors (Lipinski definition) is 2. The highest BCUT2D eigenvalue weighted by molar-refractivity contribution is 5.69. The van der Waals surface area contributed by atoms with Crippen LogP contribution in [0.25, 0.3) is 0 Å². The van der Waals surface area contributed by atoms with Crippen molar-refractivity contribution in [2.24, 2.45) is 0 Å². The van der Waals surface area contributed by atoms with Gasteiger partial charge in [0.1, 0.15) is 0 Å². The first-order valence-corrected chi connectivity index (χ1v) is 8.62. The monoisotopic (exact) mass is 347 g/mol. The number of ether oxygens (including phenoxy) is 2. The van der Waals surface area contributed by atoms with Crippen LogP contribution in [-0.2, 0) is 11.2 Å². The summed E-state index contributed by atoms with van der Waals surface area (Å²) in [7, 11) is 2.91. The van der Waals surface area contributed by atoms with E-state index in [4.69, 9.17) is 9.47 Å². The largest absolute Gasteiger partial charge is 0.504 e. The topological polar surface area (TPSA) is 79.2 Å². The van der Waals surface area contributed by atoms with E-state index in [-0.39, 0.29) is 24.0 Å². The van der Waals surface area contributed by atoms with E-state index in [2.05, 4.69) is 0 Å². The van der Waals surface area contributed by atoms with Gasteiger partial charge in [0.05, 0.1) is 26.4 Å². The quantitative estimate of drug-likeness (QED) is 0.822. The predicted molar refractivity (Wildman–Crippen MR) is 92.8 cm³/mol. The molecule has 0 bridgehead atoms. The summed E-state index contributed by atoms with van der Waals surface area (Å²) in [4.78, 5) is 14.0. The molecule has 1 aliphatic heterocycles. The minimum atomic E-state index is -0.333. The molecule has 0 radical (unpaired) electrons. The van der Waals surface area contributed by atoms with Crippen LogP contribution in [0.3, 0.4) is 0 Å². The smallest absolute Gasteiger partial charge is 0.410 e. The Labute approximate surface area is 147 Å². The Bertz CT molecular complexity index is 684. The van der Waals surface area contributed by atoms with Crippen LogP contribution in [0.2, 0.25) is 0 Å². The zero-order valence-electron chi connectivity index (χ0n) is 14.7. The van der Waals surface area contributed by atoms with Gasteiger partial charge in [-0.05, 0) is 55.4 Å². The Hall–Kier alpha value is -2.21. The molecule has 6 heteroatoms. The van der Waals surface area contributed by atoms with Crippen LogP contribution in [0, 0.1) is 0 Å². The first-order valence-electron chi connectivity index (χ1n) is 8.62. The van der Waals surface area contributed by atoms with Crippen molar-refractivity contribution in [2.45, 2.75) is 44.2 Å². The van der Waals surface area contributed by atoms with Gasteiger partial charge in [-0.25, -0.2) is 4.79 Å². The lowest BCUT2D eigenvalue weighted by Crippen LogP contribution is -2.47. The van der Waals surface area contributed by atoms with E-state index in [1.807, 2.05) is 6.07 Å². The lowest BCUT2D eigenvalue weighted by atomic mass is 9.79. The van der Waals surface area contributed by atoms with E-state index in [0.29, 0.717) is 25.1 Å². The number of nitrogens with zero attached hydrogens (tertiary/aromatic N) is 1. The summed E-state index contributed by atoms with van der Waals surface area (Å²) in [5.74, 6) is 0.520. The highest BCUT2D eigenvalue weighted by Crippen LogP contribution is 2.37. The van der Waals surface area contributed by atoms with Crippen molar-refractivity contribution >= 4 is 6.09 Å². The van der Waals surface area contributed by atoms with Crippen LogP contribution in [0.5, 0.6) is 11.5 Å².